The van der Waals surface area contributed by atoms with Crippen molar-refractivity contribution < 1.29 is 5.11 Å². The summed E-state index contributed by atoms with van der Waals surface area (Å²) in [6.07, 6.45) is 2.40. The van der Waals surface area contributed by atoms with Gasteiger partial charge in [-0.05, 0) is 23.8 Å². The van der Waals surface area contributed by atoms with Gasteiger partial charge in [0.15, 0.2) is 0 Å². The van der Waals surface area contributed by atoms with Crippen molar-refractivity contribution in [1.29, 1.82) is 0 Å². The van der Waals surface area contributed by atoms with Gasteiger partial charge in [-0.15, -0.1) is 0 Å². The first-order valence-corrected chi connectivity index (χ1v) is 6.96. The van der Waals surface area contributed by atoms with Crippen LogP contribution in [0.2, 0.25) is 0 Å². The minimum atomic E-state index is 0.103. The highest BCUT2D eigenvalue weighted by molar-refractivity contribution is 5.78. The van der Waals surface area contributed by atoms with E-state index in [0.29, 0.717) is 6.42 Å². The number of aliphatic hydroxyl groups excluding tert-OH is 1. The number of hydrogen-bond acceptors (Lipinski definition) is 2. The molecular formula is C18H16N2O. The van der Waals surface area contributed by atoms with E-state index in [4.69, 9.17) is 5.11 Å². The number of fused-ring (bicyclic) bond motifs is 1. The van der Waals surface area contributed by atoms with Gasteiger partial charge in [0.25, 0.3) is 0 Å². The minimum Gasteiger partial charge on any atom is -0.395 e. The molecule has 0 amide bonds. The number of para-hydroxylation sites is 1. The molecule has 0 radical (unpaired) electrons. The van der Waals surface area contributed by atoms with Gasteiger partial charge in [0.2, 0.25) is 0 Å². The molecule has 3 heteroatoms. The third kappa shape index (κ3) is 3.13. The van der Waals surface area contributed by atoms with Gasteiger partial charge >= 0.3 is 0 Å². The maximum Gasteiger partial charge on any atom is 0.0686 e. The van der Waals surface area contributed by atoms with Gasteiger partial charge in [-0.1, -0.05) is 42.2 Å². The van der Waals surface area contributed by atoms with Crippen LogP contribution < -0.4 is 0 Å². The van der Waals surface area contributed by atoms with Crippen molar-refractivity contribution in [2.45, 2.75) is 13.0 Å². The number of rotatable bonds is 3. The molecule has 1 aromatic heterocycles. The molecule has 3 rings (SSSR count). The molecule has 0 atom stereocenters. The number of aromatic nitrogens is 2. The van der Waals surface area contributed by atoms with Crippen LogP contribution in [0, 0.1) is 11.8 Å². The summed E-state index contributed by atoms with van der Waals surface area (Å²) in [5.41, 5.74) is 3.27. The van der Waals surface area contributed by atoms with Crippen molar-refractivity contribution in [2.24, 2.45) is 0 Å². The van der Waals surface area contributed by atoms with Crippen LogP contribution in [0.25, 0.3) is 10.9 Å². The normalized spacial score (nSPS) is 10.3. The molecule has 0 fully saturated rings. The second-order valence-corrected chi connectivity index (χ2v) is 4.84. The molecule has 3 aromatic rings. The molecular weight excluding hydrogens is 260 g/mol. The van der Waals surface area contributed by atoms with Crippen LogP contribution in [0.3, 0.4) is 0 Å². The molecule has 0 saturated heterocycles. The van der Waals surface area contributed by atoms with Crippen molar-refractivity contribution >= 4 is 10.9 Å². The first kappa shape index (κ1) is 13.4. The summed E-state index contributed by atoms with van der Waals surface area (Å²) in [4.78, 5) is 0. The summed E-state index contributed by atoms with van der Waals surface area (Å²) in [5, 5.41) is 14.3. The molecule has 0 aliphatic carbocycles. The Kier molecular flexibility index (Phi) is 3.99. The molecule has 3 nitrogen and oxygen atoms in total. The zero-order valence-corrected chi connectivity index (χ0v) is 11.7. The number of nitrogens with zero attached hydrogens (tertiary/aromatic N) is 2. The Bertz CT molecular complexity index is 808. The summed E-state index contributed by atoms with van der Waals surface area (Å²) >= 11 is 0. The molecule has 0 bridgehead atoms. The molecule has 0 unspecified atom stereocenters. The van der Waals surface area contributed by atoms with E-state index in [1.807, 2.05) is 35.1 Å². The second kappa shape index (κ2) is 6.25. The zero-order chi connectivity index (χ0) is 14.5. The lowest BCUT2D eigenvalue weighted by atomic mass is 10.1. The van der Waals surface area contributed by atoms with Crippen LogP contribution in [0.5, 0.6) is 0 Å². The van der Waals surface area contributed by atoms with E-state index in [1.165, 1.54) is 5.56 Å². The molecule has 1 heterocycles. The molecule has 21 heavy (non-hydrogen) atoms. The Morgan fingerprint density at radius 3 is 2.90 bits per heavy atom. The fourth-order valence-corrected chi connectivity index (χ4v) is 2.29. The van der Waals surface area contributed by atoms with Gasteiger partial charge < -0.3 is 5.11 Å². The molecule has 1 N–H and O–H groups in total. The lowest BCUT2D eigenvalue weighted by Gasteiger charge is -2.04. The minimum absolute atomic E-state index is 0.103. The maximum absolute atomic E-state index is 8.76. The van der Waals surface area contributed by atoms with Crippen LogP contribution >= 0.6 is 0 Å². The van der Waals surface area contributed by atoms with E-state index in [-0.39, 0.29) is 6.61 Å². The van der Waals surface area contributed by atoms with E-state index in [0.717, 1.165) is 23.0 Å². The zero-order valence-electron chi connectivity index (χ0n) is 11.7. The quantitative estimate of drug-likeness (QED) is 0.747. The Hall–Kier alpha value is -2.57. The monoisotopic (exact) mass is 276 g/mol. The molecule has 0 spiro atoms. The predicted molar refractivity (Wildman–Crippen MR) is 83.9 cm³/mol. The Balaban J connectivity index is 1.85. The first-order valence-electron chi connectivity index (χ1n) is 6.96. The third-order valence-corrected chi connectivity index (χ3v) is 3.28. The van der Waals surface area contributed by atoms with Crippen molar-refractivity contribution in [3.05, 3.63) is 65.9 Å². The van der Waals surface area contributed by atoms with E-state index in [1.54, 1.807) is 0 Å². The highest BCUT2D eigenvalue weighted by Crippen LogP contribution is 2.15. The van der Waals surface area contributed by atoms with Gasteiger partial charge in [0, 0.05) is 17.4 Å². The Labute approximate surface area is 123 Å². The second-order valence-electron chi connectivity index (χ2n) is 4.84. The highest BCUT2D eigenvalue weighted by atomic mass is 16.2. The molecule has 2 aromatic carbocycles. The molecule has 0 saturated carbocycles. The molecule has 104 valence electrons. The average Bonchev–Trinajstić information content (AvgIpc) is 2.91. The topological polar surface area (TPSA) is 38.0 Å². The summed E-state index contributed by atoms with van der Waals surface area (Å²) < 4.78 is 2.00. The van der Waals surface area contributed by atoms with Crippen molar-refractivity contribution in [3.63, 3.8) is 0 Å². The van der Waals surface area contributed by atoms with Crippen LogP contribution in [0.15, 0.2) is 54.7 Å². The van der Waals surface area contributed by atoms with Gasteiger partial charge in [-0.3, -0.25) is 4.68 Å². The smallest absolute Gasteiger partial charge is 0.0686 e. The van der Waals surface area contributed by atoms with Gasteiger partial charge in [0.1, 0.15) is 0 Å². The van der Waals surface area contributed by atoms with E-state index in [9.17, 15) is 0 Å². The Morgan fingerprint density at radius 2 is 2.00 bits per heavy atom. The highest BCUT2D eigenvalue weighted by Gasteiger charge is 2.02. The fraction of sp³-hybridized carbons (Fsp3) is 0.167. The van der Waals surface area contributed by atoms with Crippen molar-refractivity contribution in [3.8, 4) is 11.8 Å². The van der Waals surface area contributed by atoms with E-state index in [2.05, 4.69) is 41.2 Å². The van der Waals surface area contributed by atoms with Crippen molar-refractivity contribution in [2.75, 3.05) is 6.61 Å². The molecule has 0 aliphatic rings. The summed E-state index contributed by atoms with van der Waals surface area (Å²) in [7, 11) is 0. The lowest BCUT2D eigenvalue weighted by Crippen LogP contribution is -2.01. The largest absolute Gasteiger partial charge is 0.395 e. The van der Waals surface area contributed by atoms with Gasteiger partial charge in [0.05, 0.1) is 24.9 Å². The number of hydrogen-bond donors (Lipinski definition) is 1. The SMILES string of the molecule is OCCC#Cc1cccc(Cn2ncc3ccccc32)c1. The van der Waals surface area contributed by atoms with Crippen LogP contribution in [-0.2, 0) is 6.54 Å². The van der Waals surface area contributed by atoms with E-state index < -0.39 is 0 Å². The van der Waals surface area contributed by atoms with Crippen LogP contribution in [0.1, 0.15) is 17.5 Å². The Morgan fingerprint density at radius 1 is 1.10 bits per heavy atom. The summed E-state index contributed by atoms with van der Waals surface area (Å²) in [6, 6.07) is 16.3. The summed E-state index contributed by atoms with van der Waals surface area (Å²) in [5.74, 6) is 6.01. The molecule has 0 aliphatic heterocycles. The predicted octanol–water partition coefficient (Wildman–Crippen LogP) is 2.82. The number of aliphatic hydroxyl groups is 1. The average molecular weight is 276 g/mol. The maximum atomic E-state index is 8.76. The van der Waals surface area contributed by atoms with Gasteiger partial charge in [-0.2, -0.15) is 5.10 Å². The lowest BCUT2D eigenvalue weighted by molar-refractivity contribution is 0.305. The third-order valence-electron chi connectivity index (χ3n) is 3.28. The van der Waals surface area contributed by atoms with Crippen LogP contribution in [0.4, 0.5) is 0 Å². The summed E-state index contributed by atoms with van der Waals surface area (Å²) in [6.45, 7) is 0.828. The van der Waals surface area contributed by atoms with E-state index >= 15 is 0 Å². The first-order chi connectivity index (χ1) is 10.4. The fourth-order valence-electron chi connectivity index (χ4n) is 2.29. The van der Waals surface area contributed by atoms with Crippen LogP contribution in [-0.4, -0.2) is 21.5 Å². The standard InChI is InChI=1S/C18H16N2O/c21-11-4-3-6-15-7-5-8-16(12-15)14-20-18-10-2-1-9-17(18)13-19-20/h1-2,5,7-10,12-13,21H,4,11,14H2. The number of benzene rings is 2. The van der Waals surface area contributed by atoms with Gasteiger partial charge in [-0.25, -0.2) is 0 Å². The van der Waals surface area contributed by atoms with Crippen molar-refractivity contribution in [1.82, 2.24) is 9.78 Å².